The second-order valence-electron chi connectivity index (χ2n) is 12.5. The second kappa shape index (κ2) is 17.6. The molecule has 3 unspecified atom stereocenters. The molecule has 8 nitrogen and oxygen atoms in total. The molecule has 3 atom stereocenters. The molecule has 6 aromatic carbocycles. The Bertz CT molecular complexity index is 2020. The third-order valence-electron chi connectivity index (χ3n) is 8.73. The fourth-order valence-corrected chi connectivity index (χ4v) is 6.08. The molecule has 0 amide bonds. The third kappa shape index (κ3) is 9.36. The van der Waals surface area contributed by atoms with Crippen LogP contribution in [-0.4, -0.2) is 18.2 Å². The van der Waals surface area contributed by atoms with Crippen molar-refractivity contribution in [3.05, 3.63) is 185 Å². The quantitative estimate of drug-likeness (QED) is 0.106. The summed E-state index contributed by atoms with van der Waals surface area (Å²) < 4.78 is 44.0. The first-order chi connectivity index (χ1) is 26.1. The Kier molecular flexibility index (Phi) is 11.8. The van der Waals surface area contributed by atoms with Gasteiger partial charge in [0, 0.05) is 30.4 Å². The number of aromatic hydroxyl groups is 1. The van der Waals surface area contributed by atoms with Gasteiger partial charge in [-0.1, -0.05) is 121 Å². The third-order valence-corrected chi connectivity index (χ3v) is 8.73. The first-order valence-electron chi connectivity index (χ1n) is 17.7. The molecule has 0 bridgehead atoms. The first-order valence-corrected chi connectivity index (χ1v) is 17.7. The van der Waals surface area contributed by atoms with Crippen LogP contribution in [-0.2, 0) is 40.6 Å². The van der Waals surface area contributed by atoms with E-state index in [4.69, 9.17) is 33.2 Å². The Balaban J connectivity index is 1.24. The average molecular weight is 711 g/mol. The van der Waals surface area contributed by atoms with Gasteiger partial charge in [-0.2, -0.15) is 0 Å². The lowest BCUT2D eigenvalue weighted by molar-refractivity contribution is -0.241. The Hall–Kier alpha value is -5.80. The van der Waals surface area contributed by atoms with E-state index in [1.807, 2.05) is 146 Å². The average Bonchev–Trinajstić information content (AvgIpc) is 3.62. The molecule has 0 aliphatic carbocycles. The molecule has 0 radical (unpaired) electrons. The van der Waals surface area contributed by atoms with Gasteiger partial charge in [0.2, 0.25) is 0 Å². The van der Waals surface area contributed by atoms with Crippen molar-refractivity contribution in [3.8, 4) is 28.7 Å². The van der Waals surface area contributed by atoms with Crippen molar-refractivity contribution < 1.29 is 38.3 Å². The summed E-state index contributed by atoms with van der Waals surface area (Å²) in [4.78, 5) is 0. The van der Waals surface area contributed by atoms with Crippen LogP contribution >= 0.6 is 0 Å². The van der Waals surface area contributed by atoms with Crippen LogP contribution in [0.2, 0.25) is 0 Å². The lowest BCUT2D eigenvalue weighted by atomic mass is 9.95. The number of rotatable bonds is 16. The Morgan fingerprint density at radius 2 is 0.943 bits per heavy atom. The highest BCUT2D eigenvalue weighted by atomic mass is 16.9. The van der Waals surface area contributed by atoms with Gasteiger partial charge in [0.25, 0.3) is 6.48 Å². The SMILES string of the molecule is CCOC1OC(c2ccc(OCc3ccccc3)cc2OCc2ccccc2)C(c2c(O)cc(OCc3ccccc3)cc2OCc2ccccc2)O1. The first kappa shape index (κ1) is 35.6. The minimum atomic E-state index is -1.01. The number of phenols is 1. The van der Waals surface area contributed by atoms with Crippen LogP contribution in [0.3, 0.4) is 0 Å². The summed E-state index contributed by atoms with van der Waals surface area (Å²) >= 11 is 0. The van der Waals surface area contributed by atoms with Gasteiger partial charge in [0.05, 0.1) is 5.56 Å². The van der Waals surface area contributed by atoms with E-state index in [0.29, 0.717) is 60.6 Å². The normalized spacial score (nSPS) is 16.6. The topological polar surface area (TPSA) is 84.8 Å². The summed E-state index contributed by atoms with van der Waals surface area (Å²) in [5, 5.41) is 11.8. The monoisotopic (exact) mass is 710 g/mol. The predicted octanol–water partition coefficient (Wildman–Crippen LogP) is 9.86. The number of benzene rings is 6. The van der Waals surface area contributed by atoms with Gasteiger partial charge in [-0.25, -0.2) is 0 Å². The van der Waals surface area contributed by atoms with E-state index in [1.165, 1.54) is 0 Å². The zero-order valence-electron chi connectivity index (χ0n) is 29.5. The van der Waals surface area contributed by atoms with Crippen molar-refractivity contribution >= 4 is 0 Å². The lowest BCUT2D eigenvalue weighted by Gasteiger charge is -2.24. The van der Waals surface area contributed by atoms with Crippen LogP contribution in [0.1, 0.15) is 52.5 Å². The Labute approximate surface area is 310 Å². The van der Waals surface area contributed by atoms with Gasteiger partial charge in [0.15, 0.2) is 0 Å². The molecule has 1 N–H and O–H groups in total. The number of ether oxygens (including phenoxy) is 7. The standard InChI is InChI=1S/C45H42O8/c1-2-47-45-52-43(38-24-23-36(48-28-32-15-7-3-8-16-32)26-40(38)50-30-34-19-11-5-12-20-34)44(53-45)42-39(46)25-37(49-29-33-17-9-4-10-18-33)27-41(42)51-31-35-21-13-6-14-22-35/h3-27,43-46H,2,28-31H2,1H3. The molecule has 1 aliphatic rings. The molecule has 1 fully saturated rings. The molecule has 1 aliphatic heterocycles. The Morgan fingerprint density at radius 3 is 1.47 bits per heavy atom. The fourth-order valence-electron chi connectivity index (χ4n) is 6.08. The molecule has 8 heteroatoms. The number of hydrogen-bond donors (Lipinski definition) is 1. The minimum Gasteiger partial charge on any atom is -0.507 e. The van der Waals surface area contributed by atoms with Crippen molar-refractivity contribution in [2.75, 3.05) is 6.61 Å². The smallest absolute Gasteiger partial charge is 0.273 e. The molecule has 270 valence electrons. The number of phenolic OH excluding ortho intramolecular Hbond substituents is 1. The maximum atomic E-state index is 11.8. The van der Waals surface area contributed by atoms with Crippen molar-refractivity contribution in [1.82, 2.24) is 0 Å². The molecule has 0 aromatic heterocycles. The molecule has 53 heavy (non-hydrogen) atoms. The summed E-state index contributed by atoms with van der Waals surface area (Å²) in [5.41, 5.74) is 5.10. The zero-order chi connectivity index (χ0) is 36.2. The van der Waals surface area contributed by atoms with E-state index in [1.54, 1.807) is 12.1 Å². The fraction of sp³-hybridized carbons (Fsp3) is 0.200. The lowest BCUT2D eigenvalue weighted by Crippen LogP contribution is -2.13. The van der Waals surface area contributed by atoms with Crippen LogP contribution < -0.4 is 18.9 Å². The molecule has 6 aromatic rings. The number of hydrogen-bond acceptors (Lipinski definition) is 8. The molecule has 0 saturated carbocycles. The Morgan fingerprint density at radius 1 is 0.491 bits per heavy atom. The maximum Gasteiger partial charge on any atom is 0.273 e. The van der Waals surface area contributed by atoms with E-state index in [9.17, 15) is 5.11 Å². The molecule has 1 saturated heterocycles. The van der Waals surface area contributed by atoms with Crippen LogP contribution in [0, 0.1) is 0 Å². The highest BCUT2D eigenvalue weighted by molar-refractivity contribution is 5.53. The van der Waals surface area contributed by atoms with Crippen molar-refractivity contribution in [2.24, 2.45) is 0 Å². The highest BCUT2D eigenvalue weighted by Crippen LogP contribution is 2.52. The summed E-state index contributed by atoms with van der Waals surface area (Å²) in [7, 11) is 0. The minimum absolute atomic E-state index is 0.0658. The van der Waals surface area contributed by atoms with Gasteiger partial charge >= 0.3 is 0 Å². The zero-order valence-corrected chi connectivity index (χ0v) is 29.5. The molecule has 7 rings (SSSR count). The molecule has 0 spiro atoms. The van der Waals surface area contributed by atoms with Crippen molar-refractivity contribution in [2.45, 2.75) is 52.0 Å². The van der Waals surface area contributed by atoms with E-state index in [0.717, 1.165) is 22.3 Å². The van der Waals surface area contributed by atoms with Crippen LogP contribution in [0.4, 0.5) is 0 Å². The predicted molar refractivity (Wildman–Crippen MR) is 201 cm³/mol. The largest absolute Gasteiger partial charge is 0.507 e. The highest BCUT2D eigenvalue weighted by Gasteiger charge is 2.43. The molecular weight excluding hydrogens is 668 g/mol. The summed E-state index contributed by atoms with van der Waals surface area (Å²) in [6.45, 7) is 2.48. The van der Waals surface area contributed by atoms with Gasteiger partial charge in [-0.05, 0) is 41.3 Å². The van der Waals surface area contributed by atoms with Crippen molar-refractivity contribution in [3.63, 3.8) is 0 Å². The maximum absolute atomic E-state index is 11.8. The summed E-state index contributed by atoms with van der Waals surface area (Å²) in [5.74, 6) is 1.95. The van der Waals surface area contributed by atoms with Crippen LogP contribution in [0.25, 0.3) is 0 Å². The van der Waals surface area contributed by atoms with Crippen LogP contribution in [0.5, 0.6) is 28.7 Å². The van der Waals surface area contributed by atoms with Gasteiger partial charge in [-0.3, -0.25) is 0 Å². The van der Waals surface area contributed by atoms with Crippen molar-refractivity contribution in [1.29, 1.82) is 0 Å². The second-order valence-corrected chi connectivity index (χ2v) is 12.5. The molecular formula is C45H42O8. The van der Waals surface area contributed by atoms with E-state index < -0.39 is 18.7 Å². The van der Waals surface area contributed by atoms with Gasteiger partial charge in [0.1, 0.15) is 67.4 Å². The summed E-state index contributed by atoms with van der Waals surface area (Å²) in [6.07, 6.45) is -1.61. The van der Waals surface area contributed by atoms with Gasteiger partial charge < -0.3 is 38.3 Å². The van der Waals surface area contributed by atoms with E-state index in [2.05, 4.69) is 0 Å². The molecule has 1 heterocycles. The van der Waals surface area contributed by atoms with E-state index in [-0.39, 0.29) is 12.4 Å². The van der Waals surface area contributed by atoms with Gasteiger partial charge in [-0.15, -0.1) is 0 Å². The van der Waals surface area contributed by atoms with E-state index >= 15 is 0 Å². The summed E-state index contributed by atoms with van der Waals surface area (Å²) in [6, 6.07) is 48.6. The van der Waals surface area contributed by atoms with Crippen LogP contribution in [0.15, 0.2) is 152 Å².